The van der Waals surface area contributed by atoms with Crippen LogP contribution in [-0.2, 0) is 57.1 Å². The Balaban J connectivity index is -0.0000000800. The molecule has 0 amide bonds. The van der Waals surface area contributed by atoms with E-state index in [1.807, 2.05) is 0 Å². The van der Waals surface area contributed by atoms with E-state index >= 15 is 0 Å². The molecule has 4 nitrogen and oxygen atoms in total. The van der Waals surface area contributed by atoms with E-state index in [1.54, 1.807) is 0 Å². The zero-order valence-corrected chi connectivity index (χ0v) is 11.0. The van der Waals surface area contributed by atoms with Crippen molar-refractivity contribution in [1.82, 2.24) is 0 Å². The SMILES string of the molecule is [O-][Ti]([O-])([O-])[O-].[Zn+2].[Zn+2]. The van der Waals surface area contributed by atoms with Crippen LogP contribution >= 0.6 is 0 Å². The maximum atomic E-state index is 8.62. The first kappa shape index (κ1) is 15.9. The van der Waals surface area contributed by atoms with Crippen molar-refractivity contribution in [2.24, 2.45) is 0 Å². The van der Waals surface area contributed by atoms with E-state index in [0.717, 1.165) is 0 Å². The minimum Gasteiger partial charge on any atom is 2.00 e. The summed E-state index contributed by atoms with van der Waals surface area (Å²) in [5.74, 6) is 0. The summed E-state index contributed by atoms with van der Waals surface area (Å²) >= 11 is -6.00. The first-order valence-corrected chi connectivity index (χ1v) is 3.37. The van der Waals surface area contributed by atoms with Crippen molar-refractivity contribution in [2.75, 3.05) is 0 Å². The molecule has 7 heteroatoms. The second-order valence-corrected chi connectivity index (χ2v) is 2.06. The third-order valence-corrected chi connectivity index (χ3v) is 0. The van der Waals surface area contributed by atoms with Gasteiger partial charge in [0.05, 0.1) is 0 Å². The van der Waals surface area contributed by atoms with Gasteiger partial charge in [-0.3, -0.25) is 0 Å². The van der Waals surface area contributed by atoms with Crippen molar-refractivity contribution in [1.29, 1.82) is 0 Å². The molecule has 0 aromatic rings. The van der Waals surface area contributed by atoms with Gasteiger partial charge in [-0.25, -0.2) is 0 Å². The van der Waals surface area contributed by atoms with Crippen LogP contribution in [-0.4, -0.2) is 0 Å². The first-order valence-electron chi connectivity index (χ1n) is 0.816. The van der Waals surface area contributed by atoms with Crippen LogP contribution < -0.4 is 14.8 Å². The molecule has 0 unspecified atom stereocenters. The minimum atomic E-state index is -6.00. The Morgan fingerprint density at radius 1 is 0.714 bits per heavy atom. The van der Waals surface area contributed by atoms with Crippen molar-refractivity contribution in [3.63, 3.8) is 0 Å². The Bertz CT molecular complexity index is 25.2. The van der Waals surface area contributed by atoms with Crippen molar-refractivity contribution in [2.45, 2.75) is 0 Å². The quantitative estimate of drug-likeness (QED) is 0.399. The third-order valence-electron chi connectivity index (χ3n) is 0. The number of hydrogen-bond acceptors (Lipinski definition) is 4. The number of rotatable bonds is 0. The normalized spacial score (nSPS) is 8.57. The molecule has 32 valence electrons. The molecule has 0 atom stereocenters. The van der Waals surface area contributed by atoms with Crippen molar-refractivity contribution < 1.29 is 71.8 Å². The van der Waals surface area contributed by atoms with Crippen LogP contribution in [0.15, 0.2) is 0 Å². The summed E-state index contributed by atoms with van der Waals surface area (Å²) < 4.78 is 34.5. The molecule has 0 rings (SSSR count). The fourth-order valence-corrected chi connectivity index (χ4v) is 0. The van der Waals surface area contributed by atoms with E-state index in [9.17, 15) is 0 Å². The van der Waals surface area contributed by atoms with Gasteiger partial charge >= 0.3 is 71.8 Å². The first-order chi connectivity index (χ1) is 2.00. The molecule has 0 saturated heterocycles. The van der Waals surface area contributed by atoms with Gasteiger partial charge in [0.2, 0.25) is 0 Å². The molecule has 0 saturated carbocycles. The van der Waals surface area contributed by atoms with E-state index in [-0.39, 0.29) is 39.0 Å². The van der Waals surface area contributed by atoms with Crippen molar-refractivity contribution in [3.8, 4) is 0 Å². The molecular formula is O4TiZn2. The summed E-state index contributed by atoms with van der Waals surface area (Å²) in [6.45, 7) is 0. The van der Waals surface area contributed by atoms with Gasteiger partial charge in [-0.2, -0.15) is 0 Å². The smallest absolute Gasteiger partial charge is 2.00 e. The zero-order chi connectivity index (χ0) is 4.50. The molecule has 0 N–H and O–H groups in total. The maximum absolute atomic E-state index is 8.62. The standard InChI is InChI=1S/4O.Ti.2Zn/q4*-1;;2*+2. The molecule has 0 aliphatic carbocycles. The van der Waals surface area contributed by atoms with Gasteiger partial charge in [-0.05, 0) is 0 Å². The summed E-state index contributed by atoms with van der Waals surface area (Å²) in [4.78, 5) is 0. The van der Waals surface area contributed by atoms with E-state index in [1.165, 1.54) is 0 Å². The van der Waals surface area contributed by atoms with Gasteiger partial charge in [0, 0.05) is 0 Å². The predicted octanol–water partition coefficient (Wildman–Crippen LogP) is -4.76. The Morgan fingerprint density at radius 2 is 0.714 bits per heavy atom. The summed E-state index contributed by atoms with van der Waals surface area (Å²) in [5, 5.41) is 0. The van der Waals surface area contributed by atoms with E-state index < -0.39 is 18.1 Å². The molecule has 0 aliphatic rings. The molecule has 0 aromatic carbocycles. The summed E-state index contributed by atoms with van der Waals surface area (Å²) in [7, 11) is 0. The maximum Gasteiger partial charge on any atom is 2.00 e. The average molecular weight is 243 g/mol. The fourth-order valence-electron chi connectivity index (χ4n) is 0. The summed E-state index contributed by atoms with van der Waals surface area (Å²) in [6, 6.07) is 0. The van der Waals surface area contributed by atoms with Gasteiger partial charge in [0.15, 0.2) is 0 Å². The molecule has 0 fully saturated rings. The fraction of sp³-hybridized carbons (Fsp3) is 0. The largest absolute Gasteiger partial charge is 2.00 e. The van der Waals surface area contributed by atoms with Crippen LogP contribution in [0, 0.1) is 0 Å². The molecule has 0 aromatic heterocycles. The molecule has 0 aliphatic heterocycles. The second-order valence-electron chi connectivity index (χ2n) is 0.500. The van der Waals surface area contributed by atoms with Gasteiger partial charge in [0.1, 0.15) is 0 Å². The van der Waals surface area contributed by atoms with Crippen LogP contribution in [0.25, 0.3) is 0 Å². The number of hydrogen-bond donors (Lipinski definition) is 0. The monoisotopic (exact) mass is 240 g/mol. The molecule has 0 heterocycles. The Kier molecular flexibility index (Phi) is 13.5. The van der Waals surface area contributed by atoms with Gasteiger partial charge in [0.25, 0.3) is 0 Å². The molecule has 0 spiro atoms. The van der Waals surface area contributed by atoms with Gasteiger partial charge < -0.3 is 0 Å². The summed E-state index contributed by atoms with van der Waals surface area (Å²) in [5.41, 5.74) is 0. The minimum absolute atomic E-state index is 0. The van der Waals surface area contributed by atoms with E-state index in [4.69, 9.17) is 14.8 Å². The third kappa shape index (κ3) is 80.9. The Morgan fingerprint density at radius 3 is 0.714 bits per heavy atom. The van der Waals surface area contributed by atoms with Crippen LogP contribution in [0.2, 0.25) is 0 Å². The predicted molar refractivity (Wildman–Crippen MR) is 0 cm³/mol. The second kappa shape index (κ2) is 5.93. The van der Waals surface area contributed by atoms with Crippen molar-refractivity contribution in [3.05, 3.63) is 0 Å². The van der Waals surface area contributed by atoms with Gasteiger partial charge in [-0.1, -0.05) is 0 Å². The Hall–Kier alpha value is 1.80. The summed E-state index contributed by atoms with van der Waals surface area (Å²) in [6.07, 6.45) is 0. The van der Waals surface area contributed by atoms with Gasteiger partial charge in [-0.15, -0.1) is 0 Å². The van der Waals surface area contributed by atoms with E-state index in [2.05, 4.69) is 0 Å². The average Bonchev–Trinajstić information content (AvgIpc) is 0.722. The topological polar surface area (TPSA) is 92.2 Å². The molecule has 0 bridgehead atoms. The zero-order valence-electron chi connectivity index (χ0n) is 3.55. The van der Waals surface area contributed by atoms with Crippen LogP contribution in [0.4, 0.5) is 0 Å². The molecule has 0 radical (unpaired) electrons. The van der Waals surface area contributed by atoms with Crippen molar-refractivity contribution >= 4 is 0 Å². The van der Waals surface area contributed by atoms with E-state index in [0.29, 0.717) is 0 Å². The van der Waals surface area contributed by atoms with Crippen LogP contribution in [0.3, 0.4) is 0 Å². The van der Waals surface area contributed by atoms with Crippen LogP contribution in [0.1, 0.15) is 0 Å². The molecule has 7 heavy (non-hydrogen) atoms. The van der Waals surface area contributed by atoms with Crippen LogP contribution in [0.5, 0.6) is 0 Å². The Labute approximate surface area is 71.3 Å². The molecular weight excluding hydrogens is 243 g/mol.